The summed E-state index contributed by atoms with van der Waals surface area (Å²) in [7, 11) is 0. The average Bonchev–Trinajstić information content (AvgIpc) is 3.07. The van der Waals surface area contributed by atoms with E-state index in [1.165, 1.54) is 18.2 Å². The smallest absolute Gasteiger partial charge is 0.254 e. The number of Topliss-reactive ketones (excluding diaryl/α,β-unsaturated/α-hetero) is 1. The van der Waals surface area contributed by atoms with Gasteiger partial charge in [0.25, 0.3) is 5.91 Å². The van der Waals surface area contributed by atoms with Gasteiger partial charge < -0.3 is 21.7 Å². The third kappa shape index (κ3) is 4.43. The second-order valence-corrected chi connectivity index (χ2v) is 10.5. The second-order valence-electron chi connectivity index (χ2n) is 10.5. The molecule has 8 nitrogen and oxygen atoms in total. The lowest BCUT2D eigenvalue weighted by Gasteiger charge is -2.31. The van der Waals surface area contributed by atoms with Gasteiger partial charge in [-0.15, -0.1) is 0 Å². The Labute approximate surface area is 206 Å². The molecule has 5 rings (SSSR count). The maximum atomic E-state index is 12.9. The molecule has 0 spiro atoms. The van der Waals surface area contributed by atoms with E-state index >= 15 is 0 Å². The first-order valence-corrected chi connectivity index (χ1v) is 12.6. The molecule has 0 bridgehead atoms. The van der Waals surface area contributed by atoms with Gasteiger partial charge in [0.05, 0.1) is 0 Å². The van der Waals surface area contributed by atoms with E-state index in [9.17, 15) is 9.59 Å². The maximum Gasteiger partial charge on any atom is 0.254 e. The van der Waals surface area contributed by atoms with Crippen molar-refractivity contribution in [1.29, 1.82) is 0 Å². The van der Waals surface area contributed by atoms with Crippen LogP contribution in [-0.4, -0.2) is 40.8 Å². The number of piperidine rings is 1. The zero-order valence-corrected chi connectivity index (χ0v) is 20.6. The van der Waals surface area contributed by atoms with E-state index in [0.717, 1.165) is 61.0 Å². The molecule has 35 heavy (non-hydrogen) atoms. The monoisotopic (exact) mass is 474 g/mol. The Balaban J connectivity index is 1.57. The second kappa shape index (κ2) is 9.07. The molecule has 1 amide bonds. The Kier molecular flexibility index (Phi) is 6.09. The molecule has 8 heteroatoms. The van der Waals surface area contributed by atoms with E-state index in [1.54, 1.807) is 0 Å². The van der Waals surface area contributed by atoms with E-state index < -0.39 is 11.3 Å². The number of hydrogen-bond acceptors (Lipinski definition) is 7. The first-order chi connectivity index (χ1) is 16.7. The predicted molar refractivity (Wildman–Crippen MR) is 138 cm³/mol. The van der Waals surface area contributed by atoms with Gasteiger partial charge in [-0.2, -0.15) is 4.98 Å². The molecule has 0 radical (unpaired) electrons. The topological polar surface area (TPSA) is 127 Å². The molecule has 1 saturated heterocycles. The first-order valence-electron chi connectivity index (χ1n) is 12.6. The van der Waals surface area contributed by atoms with Gasteiger partial charge in [0, 0.05) is 42.9 Å². The Bertz CT molecular complexity index is 1220. The zero-order chi connectivity index (χ0) is 24.7. The number of fused-ring (bicyclic) bond motifs is 1. The van der Waals surface area contributed by atoms with Crippen molar-refractivity contribution in [2.45, 2.75) is 70.3 Å². The van der Waals surface area contributed by atoms with E-state index in [4.69, 9.17) is 16.5 Å². The molecule has 1 aromatic heterocycles. The fourth-order valence-electron chi connectivity index (χ4n) is 5.52. The number of nitrogens with two attached hydrogens (primary N) is 2. The van der Waals surface area contributed by atoms with Gasteiger partial charge in [-0.05, 0) is 86.8 Å². The predicted octanol–water partition coefficient (Wildman–Crippen LogP) is 3.61. The minimum absolute atomic E-state index is 0.0716. The van der Waals surface area contributed by atoms with Gasteiger partial charge in [-0.3, -0.25) is 9.59 Å². The van der Waals surface area contributed by atoms with Crippen molar-refractivity contribution in [2.75, 3.05) is 23.3 Å². The van der Waals surface area contributed by atoms with Crippen LogP contribution in [0.15, 0.2) is 24.4 Å². The molecular formula is C27H34N6O2. The minimum atomic E-state index is -0.596. The number of rotatable bonds is 5. The van der Waals surface area contributed by atoms with Crippen LogP contribution in [0.3, 0.4) is 0 Å². The molecular weight excluding hydrogens is 440 g/mol. The SMILES string of the molecule is CC1(C)C(=O)Cc2c(C3=CCCCC3)cc(Nc3nc(N4CCC[C@H](N)C4)ncc3C(N)=O)cc21. The molecule has 1 aliphatic heterocycles. The van der Waals surface area contributed by atoms with E-state index in [0.29, 0.717) is 24.7 Å². The molecule has 2 heterocycles. The van der Waals surface area contributed by atoms with E-state index in [2.05, 4.69) is 22.4 Å². The van der Waals surface area contributed by atoms with Crippen LogP contribution in [0.5, 0.6) is 0 Å². The molecule has 184 valence electrons. The number of nitrogens with zero attached hydrogens (tertiary/aromatic N) is 3. The van der Waals surface area contributed by atoms with Crippen LogP contribution < -0.4 is 21.7 Å². The van der Waals surface area contributed by atoms with Crippen LogP contribution in [0.25, 0.3) is 5.57 Å². The number of amides is 1. The van der Waals surface area contributed by atoms with Gasteiger partial charge in [0.15, 0.2) is 0 Å². The van der Waals surface area contributed by atoms with Crippen molar-refractivity contribution in [1.82, 2.24) is 9.97 Å². The minimum Gasteiger partial charge on any atom is -0.365 e. The molecule has 1 atom stereocenters. The standard InChI is InChI=1S/C27H34N6O2/c1-27(2)22-12-18(11-19(20(22)13-23(27)34)16-7-4-3-5-8-16)31-25-21(24(29)35)14-30-26(32-25)33-10-6-9-17(28)15-33/h7,11-12,14,17H,3-6,8-10,13,15,28H2,1-2H3,(H2,29,35)(H,30,31,32)/t17-/m0/s1. The Morgan fingerprint density at radius 1 is 1.23 bits per heavy atom. The average molecular weight is 475 g/mol. The number of anilines is 3. The van der Waals surface area contributed by atoms with Crippen molar-refractivity contribution in [3.63, 3.8) is 0 Å². The Morgan fingerprint density at radius 2 is 2.06 bits per heavy atom. The summed E-state index contributed by atoms with van der Waals surface area (Å²) in [4.78, 5) is 36.3. The van der Waals surface area contributed by atoms with Gasteiger partial charge in [-0.25, -0.2) is 4.98 Å². The van der Waals surface area contributed by atoms with Gasteiger partial charge in [0.2, 0.25) is 5.95 Å². The summed E-state index contributed by atoms with van der Waals surface area (Å²) in [6, 6.07) is 4.19. The van der Waals surface area contributed by atoms with E-state index in [-0.39, 0.29) is 17.4 Å². The summed E-state index contributed by atoms with van der Waals surface area (Å²) >= 11 is 0. The number of hydrogen-bond donors (Lipinski definition) is 3. The lowest BCUT2D eigenvalue weighted by molar-refractivity contribution is -0.121. The highest BCUT2D eigenvalue weighted by atomic mass is 16.1. The van der Waals surface area contributed by atoms with Crippen LogP contribution >= 0.6 is 0 Å². The maximum absolute atomic E-state index is 12.9. The number of carbonyl (C=O) groups is 2. The van der Waals surface area contributed by atoms with Gasteiger partial charge >= 0.3 is 0 Å². The summed E-state index contributed by atoms with van der Waals surface area (Å²) in [5, 5.41) is 3.36. The highest BCUT2D eigenvalue weighted by Crippen LogP contribution is 2.43. The van der Waals surface area contributed by atoms with Gasteiger partial charge in [-0.1, -0.05) is 6.08 Å². The fraction of sp³-hybridized carbons (Fsp3) is 0.481. The van der Waals surface area contributed by atoms with Crippen LogP contribution in [0.2, 0.25) is 0 Å². The number of nitrogens with one attached hydrogen (secondary N) is 1. The summed E-state index contributed by atoms with van der Waals surface area (Å²) in [5.41, 5.74) is 16.9. The quantitative estimate of drug-likeness (QED) is 0.604. The van der Waals surface area contributed by atoms with E-state index in [1.807, 2.05) is 24.8 Å². The lowest BCUT2D eigenvalue weighted by atomic mass is 9.83. The molecule has 0 saturated carbocycles. The number of primary amides is 1. The first kappa shape index (κ1) is 23.5. The Morgan fingerprint density at radius 3 is 2.77 bits per heavy atom. The third-order valence-corrected chi connectivity index (χ3v) is 7.64. The molecule has 2 aromatic rings. The van der Waals surface area contributed by atoms with Gasteiger partial charge in [0.1, 0.15) is 17.2 Å². The van der Waals surface area contributed by atoms with Crippen LogP contribution in [0.1, 0.15) is 79.4 Å². The summed E-state index contributed by atoms with van der Waals surface area (Å²) in [6.07, 6.45) is 10.6. The van der Waals surface area contributed by atoms with Crippen molar-refractivity contribution in [3.8, 4) is 0 Å². The fourth-order valence-corrected chi connectivity index (χ4v) is 5.52. The number of aromatic nitrogens is 2. The van der Waals surface area contributed by atoms with Crippen LogP contribution in [0, 0.1) is 0 Å². The zero-order valence-electron chi connectivity index (χ0n) is 20.6. The van der Waals surface area contributed by atoms with Crippen LogP contribution in [0.4, 0.5) is 17.5 Å². The molecule has 1 fully saturated rings. The number of allylic oxidation sites excluding steroid dienone is 2. The third-order valence-electron chi connectivity index (χ3n) is 7.64. The number of carbonyl (C=O) groups excluding carboxylic acids is 2. The highest BCUT2D eigenvalue weighted by Gasteiger charge is 2.40. The molecule has 1 aromatic carbocycles. The molecule has 3 aliphatic rings. The number of ketones is 1. The van der Waals surface area contributed by atoms with Crippen molar-refractivity contribution in [3.05, 3.63) is 46.7 Å². The molecule has 2 aliphatic carbocycles. The normalized spacial score (nSPS) is 21.5. The van der Waals surface area contributed by atoms with Crippen LogP contribution in [-0.2, 0) is 16.6 Å². The summed E-state index contributed by atoms with van der Waals surface area (Å²) < 4.78 is 0. The summed E-state index contributed by atoms with van der Waals surface area (Å²) in [5.74, 6) is 0.527. The Hall–Kier alpha value is -3.26. The highest BCUT2D eigenvalue weighted by molar-refractivity contribution is 6.00. The van der Waals surface area contributed by atoms with Crippen molar-refractivity contribution in [2.24, 2.45) is 11.5 Å². The molecule has 0 unspecified atom stereocenters. The molecule has 5 N–H and O–H groups in total. The summed E-state index contributed by atoms with van der Waals surface area (Å²) in [6.45, 7) is 5.46. The lowest BCUT2D eigenvalue weighted by Crippen LogP contribution is -2.43. The largest absolute Gasteiger partial charge is 0.365 e. The van der Waals surface area contributed by atoms with Crippen molar-refractivity contribution < 1.29 is 9.59 Å². The number of benzene rings is 1. The van der Waals surface area contributed by atoms with Crippen molar-refractivity contribution >= 4 is 34.7 Å².